The number of amides is 2. The van der Waals surface area contributed by atoms with Crippen molar-refractivity contribution >= 4 is 11.8 Å². The van der Waals surface area contributed by atoms with E-state index in [1.165, 1.54) is 12.1 Å². The van der Waals surface area contributed by atoms with Crippen LogP contribution < -0.4 is 14.8 Å². The zero-order valence-corrected chi connectivity index (χ0v) is 17.3. The van der Waals surface area contributed by atoms with E-state index in [4.69, 9.17) is 9.47 Å². The molecule has 2 aromatic rings. The second-order valence-corrected chi connectivity index (χ2v) is 7.15. The van der Waals surface area contributed by atoms with Crippen LogP contribution in [0.25, 0.3) is 0 Å². The Bertz CT molecular complexity index is 885. The largest absolute Gasteiger partial charge is 0.454 e. The standard InChI is InChI=1S/C23H27FN2O4/c1-3-19(23(28)25-4-2)26(14-17-5-9-18(24)10-6-17)22(27)12-8-16-7-11-20-21(13-16)30-15-29-20/h5-7,9-11,13,19H,3-4,8,12,14-15H2,1-2H3,(H,25,28)/t19-/m0/s1. The molecule has 160 valence electrons. The van der Waals surface area contributed by atoms with E-state index in [1.807, 2.05) is 32.0 Å². The maximum Gasteiger partial charge on any atom is 0.242 e. The fraction of sp³-hybridized carbons (Fsp3) is 0.391. The van der Waals surface area contributed by atoms with Crippen molar-refractivity contribution in [1.29, 1.82) is 0 Å². The summed E-state index contributed by atoms with van der Waals surface area (Å²) in [5.74, 6) is 0.728. The first-order valence-corrected chi connectivity index (χ1v) is 10.2. The number of hydrogen-bond donors (Lipinski definition) is 1. The maximum absolute atomic E-state index is 13.3. The first kappa shape index (κ1) is 21.6. The highest BCUT2D eigenvalue weighted by Gasteiger charge is 2.28. The fourth-order valence-electron chi connectivity index (χ4n) is 3.49. The Hall–Kier alpha value is -3.09. The lowest BCUT2D eigenvalue weighted by Gasteiger charge is -2.30. The van der Waals surface area contributed by atoms with E-state index in [0.29, 0.717) is 30.9 Å². The van der Waals surface area contributed by atoms with Gasteiger partial charge in [0.25, 0.3) is 0 Å². The van der Waals surface area contributed by atoms with Gasteiger partial charge >= 0.3 is 0 Å². The molecule has 1 aliphatic heterocycles. The second-order valence-electron chi connectivity index (χ2n) is 7.15. The summed E-state index contributed by atoms with van der Waals surface area (Å²) in [5, 5.41) is 2.81. The third-order valence-corrected chi connectivity index (χ3v) is 5.07. The number of halogens is 1. The summed E-state index contributed by atoms with van der Waals surface area (Å²) < 4.78 is 24.0. The summed E-state index contributed by atoms with van der Waals surface area (Å²) in [7, 11) is 0. The van der Waals surface area contributed by atoms with Crippen molar-refractivity contribution in [3.63, 3.8) is 0 Å². The van der Waals surface area contributed by atoms with Crippen LogP contribution in [0, 0.1) is 5.82 Å². The van der Waals surface area contributed by atoms with E-state index in [0.717, 1.165) is 11.1 Å². The van der Waals surface area contributed by atoms with Crippen LogP contribution in [-0.2, 0) is 22.6 Å². The molecule has 2 aromatic carbocycles. The zero-order valence-electron chi connectivity index (χ0n) is 17.3. The first-order chi connectivity index (χ1) is 14.5. The molecule has 6 nitrogen and oxygen atoms in total. The molecular formula is C23H27FN2O4. The highest BCUT2D eigenvalue weighted by Crippen LogP contribution is 2.32. The number of carbonyl (C=O) groups is 2. The molecule has 0 bridgehead atoms. The summed E-state index contributed by atoms with van der Waals surface area (Å²) in [5.41, 5.74) is 1.73. The number of likely N-dealkylation sites (N-methyl/N-ethyl adjacent to an activating group) is 1. The highest BCUT2D eigenvalue weighted by atomic mass is 19.1. The van der Waals surface area contributed by atoms with Crippen LogP contribution in [0.1, 0.15) is 37.8 Å². The number of rotatable bonds is 9. The van der Waals surface area contributed by atoms with Crippen LogP contribution in [0.5, 0.6) is 11.5 Å². The molecule has 7 heteroatoms. The summed E-state index contributed by atoms with van der Waals surface area (Å²) >= 11 is 0. The topological polar surface area (TPSA) is 67.9 Å². The minimum atomic E-state index is -0.584. The predicted molar refractivity (Wildman–Crippen MR) is 111 cm³/mol. The predicted octanol–water partition coefficient (Wildman–Crippen LogP) is 3.43. The maximum atomic E-state index is 13.3. The summed E-state index contributed by atoms with van der Waals surface area (Å²) in [6.45, 7) is 4.66. The van der Waals surface area contributed by atoms with Crippen molar-refractivity contribution in [1.82, 2.24) is 10.2 Å². The molecule has 0 aliphatic carbocycles. The normalized spacial score (nSPS) is 13.0. The van der Waals surface area contributed by atoms with E-state index in [1.54, 1.807) is 17.0 Å². The minimum absolute atomic E-state index is 0.130. The number of hydrogen-bond acceptors (Lipinski definition) is 4. The van der Waals surface area contributed by atoms with Gasteiger partial charge in [-0.15, -0.1) is 0 Å². The molecule has 0 aromatic heterocycles. The molecule has 0 unspecified atom stereocenters. The number of aryl methyl sites for hydroxylation is 1. The lowest BCUT2D eigenvalue weighted by atomic mass is 10.1. The van der Waals surface area contributed by atoms with Gasteiger partial charge in [0.2, 0.25) is 18.6 Å². The zero-order chi connectivity index (χ0) is 21.5. The summed E-state index contributed by atoms with van der Waals surface area (Å²) in [4.78, 5) is 27.3. The Kier molecular flexibility index (Phi) is 7.27. The molecule has 1 aliphatic rings. The minimum Gasteiger partial charge on any atom is -0.454 e. The van der Waals surface area contributed by atoms with Gasteiger partial charge < -0.3 is 19.7 Å². The smallest absolute Gasteiger partial charge is 0.242 e. The van der Waals surface area contributed by atoms with Crippen LogP contribution in [0.2, 0.25) is 0 Å². The second kappa shape index (κ2) is 10.1. The molecule has 30 heavy (non-hydrogen) atoms. The van der Waals surface area contributed by atoms with Gasteiger partial charge in [-0.05, 0) is 55.2 Å². The van der Waals surface area contributed by atoms with Gasteiger partial charge in [-0.25, -0.2) is 4.39 Å². The Balaban J connectivity index is 1.74. The van der Waals surface area contributed by atoms with Crippen molar-refractivity contribution < 1.29 is 23.5 Å². The Morgan fingerprint density at radius 1 is 1.07 bits per heavy atom. The molecule has 1 heterocycles. The van der Waals surface area contributed by atoms with Crippen LogP contribution in [0.15, 0.2) is 42.5 Å². The van der Waals surface area contributed by atoms with Crippen LogP contribution in [-0.4, -0.2) is 36.1 Å². The molecule has 0 saturated carbocycles. The molecule has 0 saturated heterocycles. The number of nitrogens with one attached hydrogen (secondary N) is 1. The van der Waals surface area contributed by atoms with Crippen LogP contribution in [0.4, 0.5) is 4.39 Å². The Labute approximate surface area is 176 Å². The number of carbonyl (C=O) groups excluding carboxylic acids is 2. The molecule has 0 fully saturated rings. The van der Waals surface area contributed by atoms with Crippen molar-refractivity contribution in [2.24, 2.45) is 0 Å². The highest BCUT2D eigenvalue weighted by molar-refractivity contribution is 5.87. The molecule has 1 atom stereocenters. The lowest BCUT2D eigenvalue weighted by Crippen LogP contribution is -2.49. The number of fused-ring (bicyclic) bond motifs is 1. The SMILES string of the molecule is CCNC(=O)[C@H](CC)N(Cc1ccc(F)cc1)C(=O)CCc1ccc2c(c1)OCO2. The van der Waals surface area contributed by atoms with Crippen molar-refractivity contribution in [2.75, 3.05) is 13.3 Å². The fourth-order valence-corrected chi connectivity index (χ4v) is 3.49. The first-order valence-electron chi connectivity index (χ1n) is 10.2. The van der Waals surface area contributed by atoms with Gasteiger partial charge in [0.15, 0.2) is 11.5 Å². The van der Waals surface area contributed by atoms with E-state index in [9.17, 15) is 14.0 Å². The molecule has 1 N–H and O–H groups in total. The molecule has 2 amide bonds. The van der Waals surface area contributed by atoms with E-state index < -0.39 is 6.04 Å². The molecular weight excluding hydrogens is 387 g/mol. The summed E-state index contributed by atoms with van der Waals surface area (Å²) in [6.07, 6.45) is 1.25. The number of benzene rings is 2. The number of nitrogens with zero attached hydrogens (tertiary/aromatic N) is 1. The molecule has 3 rings (SSSR count). The van der Waals surface area contributed by atoms with Crippen molar-refractivity contribution in [3.8, 4) is 11.5 Å². The van der Waals surface area contributed by atoms with Gasteiger partial charge in [0.1, 0.15) is 11.9 Å². The van der Waals surface area contributed by atoms with E-state index in [-0.39, 0.29) is 37.4 Å². The number of ether oxygens (including phenoxy) is 2. The van der Waals surface area contributed by atoms with Gasteiger partial charge in [0, 0.05) is 19.5 Å². The average molecular weight is 414 g/mol. The quantitative estimate of drug-likeness (QED) is 0.683. The average Bonchev–Trinajstić information content (AvgIpc) is 3.21. The third-order valence-electron chi connectivity index (χ3n) is 5.07. The van der Waals surface area contributed by atoms with Crippen molar-refractivity contribution in [3.05, 3.63) is 59.4 Å². The monoisotopic (exact) mass is 414 g/mol. The molecule has 0 radical (unpaired) electrons. The Morgan fingerprint density at radius 3 is 2.47 bits per heavy atom. The van der Waals surface area contributed by atoms with E-state index in [2.05, 4.69) is 5.32 Å². The van der Waals surface area contributed by atoms with Gasteiger partial charge in [0.05, 0.1) is 0 Å². The molecule has 0 spiro atoms. The lowest BCUT2D eigenvalue weighted by molar-refractivity contribution is -0.141. The van der Waals surface area contributed by atoms with Gasteiger partial charge in [-0.1, -0.05) is 25.1 Å². The van der Waals surface area contributed by atoms with Gasteiger partial charge in [-0.2, -0.15) is 0 Å². The summed E-state index contributed by atoms with van der Waals surface area (Å²) in [6, 6.07) is 11.0. The van der Waals surface area contributed by atoms with Crippen LogP contribution >= 0.6 is 0 Å². The van der Waals surface area contributed by atoms with Gasteiger partial charge in [-0.3, -0.25) is 9.59 Å². The Morgan fingerprint density at radius 2 is 1.77 bits per heavy atom. The van der Waals surface area contributed by atoms with E-state index >= 15 is 0 Å². The van der Waals surface area contributed by atoms with Crippen LogP contribution in [0.3, 0.4) is 0 Å². The van der Waals surface area contributed by atoms with Crippen molar-refractivity contribution in [2.45, 2.75) is 45.7 Å². The third kappa shape index (κ3) is 5.28.